The molecule has 1 aliphatic rings. The van der Waals surface area contributed by atoms with Crippen molar-refractivity contribution in [3.63, 3.8) is 0 Å². The Morgan fingerprint density at radius 2 is 2.20 bits per heavy atom. The van der Waals surface area contributed by atoms with E-state index in [9.17, 15) is 0 Å². The first-order chi connectivity index (χ1) is 4.74. The molecule has 10 heavy (non-hydrogen) atoms. The van der Waals surface area contributed by atoms with Crippen LogP contribution in [0.5, 0.6) is 0 Å². The molecule has 0 amide bonds. The van der Waals surface area contributed by atoms with Crippen LogP contribution in [0.4, 0.5) is 0 Å². The zero-order valence-corrected chi connectivity index (χ0v) is 7.01. The average molecular weight is 142 g/mol. The van der Waals surface area contributed by atoms with Crippen LogP contribution in [0, 0.1) is 0 Å². The number of rotatable bonds is 4. The molecule has 0 aromatic rings. The predicted molar refractivity (Wildman–Crippen MR) is 43.9 cm³/mol. The number of nitrogens with two attached hydrogens (primary N) is 1. The van der Waals surface area contributed by atoms with E-state index in [1.165, 1.54) is 12.8 Å². The van der Waals surface area contributed by atoms with Crippen molar-refractivity contribution in [1.82, 2.24) is 4.90 Å². The number of hydrogen-bond donors (Lipinski definition) is 1. The minimum absolute atomic E-state index is 0.334. The van der Waals surface area contributed by atoms with E-state index >= 15 is 0 Å². The van der Waals surface area contributed by atoms with Gasteiger partial charge in [0.2, 0.25) is 0 Å². The van der Waals surface area contributed by atoms with Crippen molar-refractivity contribution in [1.29, 1.82) is 0 Å². The molecule has 1 fully saturated rings. The fourth-order valence-electron chi connectivity index (χ4n) is 1.35. The highest BCUT2D eigenvalue weighted by atomic mass is 15.2. The maximum atomic E-state index is 5.69. The van der Waals surface area contributed by atoms with E-state index in [4.69, 9.17) is 5.73 Å². The molecule has 2 N–H and O–H groups in total. The third-order valence-corrected chi connectivity index (χ3v) is 1.99. The van der Waals surface area contributed by atoms with Crippen molar-refractivity contribution in [3.05, 3.63) is 0 Å². The summed E-state index contributed by atoms with van der Waals surface area (Å²) in [6.45, 7) is 6.51. The summed E-state index contributed by atoms with van der Waals surface area (Å²) in [5.41, 5.74) is 5.69. The normalized spacial score (nSPS) is 21.6. The van der Waals surface area contributed by atoms with Gasteiger partial charge in [-0.25, -0.2) is 0 Å². The standard InChI is InChI=1S/C8H18N2/c1-3-10(6-7(2)9)8-4-5-8/h7-8H,3-6,9H2,1-2H3/t7-/m1/s1. The first-order valence-electron chi connectivity index (χ1n) is 4.23. The summed E-state index contributed by atoms with van der Waals surface area (Å²) in [7, 11) is 0. The molecule has 0 heterocycles. The molecule has 1 atom stereocenters. The Kier molecular flexibility index (Phi) is 2.69. The molecule has 0 saturated heterocycles. The van der Waals surface area contributed by atoms with Crippen molar-refractivity contribution >= 4 is 0 Å². The molecule has 0 aliphatic heterocycles. The Balaban J connectivity index is 2.19. The molecule has 60 valence electrons. The number of likely N-dealkylation sites (N-methyl/N-ethyl adjacent to an activating group) is 1. The summed E-state index contributed by atoms with van der Waals surface area (Å²) < 4.78 is 0. The van der Waals surface area contributed by atoms with Crippen LogP contribution in [0.3, 0.4) is 0 Å². The van der Waals surface area contributed by atoms with Crippen LogP contribution in [0.25, 0.3) is 0 Å². The van der Waals surface area contributed by atoms with Gasteiger partial charge in [-0.2, -0.15) is 0 Å². The summed E-state index contributed by atoms with van der Waals surface area (Å²) in [5, 5.41) is 0. The lowest BCUT2D eigenvalue weighted by Gasteiger charge is -2.21. The van der Waals surface area contributed by atoms with Crippen LogP contribution in [-0.2, 0) is 0 Å². The number of hydrogen-bond acceptors (Lipinski definition) is 2. The highest BCUT2D eigenvalue weighted by molar-refractivity contribution is 4.84. The van der Waals surface area contributed by atoms with Gasteiger partial charge >= 0.3 is 0 Å². The van der Waals surface area contributed by atoms with Crippen molar-refractivity contribution in [2.75, 3.05) is 13.1 Å². The summed E-state index contributed by atoms with van der Waals surface area (Å²) in [4.78, 5) is 2.48. The van der Waals surface area contributed by atoms with Gasteiger partial charge in [0.1, 0.15) is 0 Å². The van der Waals surface area contributed by atoms with E-state index in [-0.39, 0.29) is 0 Å². The largest absolute Gasteiger partial charge is 0.327 e. The van der Waals surface area contributed by atoms with Gasteiger partial charge in [-0.1, -0.05) is 6.92 Å². The van der Waals surface area contributed by atoms with Crippen LogP contribution in [0.2, 0.25) is 0 Å². The van der Waals surface area contributed by atoms with Crippen molar-refractivity contribution < 1.29 is 0 Å². The van der Waals surface area contributed by atoms with Crippen LogP contribution in [0.1, 0.15) is 26.7 Å². The van der Waals surface area contributed by atoms with Gasteiger partial charge in [0, 0.05) is 18.6 Å². The van der Waals surface area contributed by atoms with Gasteiger partial charge in [0.15, 0.2) is 0 Å². The summed E-state index contributed by atoms with van der Waals surface area (Å²) in [6, 6.07) is 1.21. The zero-order chi connectivity index (χ0) is 7.56. The van der Waals surface area contributed by atoms with Crippen LogP contribution < -0.4 is 5.73 Å². The second kappa shape index (κ2) is 3.35. The minimum Gasteiger partial charge on any atom is -0.327 e. The fraction of sp³-hybridized carbons (Fsp3) is 1.00. The van der Waals surface area contributed by atoms with Gasteiger partial charge in [0.05, 0.1) is 0 Å². The minimum atomic E-state index is 0.334. The highest BCUT2D eigenvalue weighted by Crippen LogP contribution is 2.26. The predicted octanol–water partition coefficient (Wildman–Crippen LogP) is 0.818. The Bertz CT molecular complexity index is 97.4. The molecule has 1 aliphatic carbocycles. The molecule has 0 bridgehead atoms. The first kappa shape index (κ1) is 8.02. The van der Waals surface area contributed by atoms with E-state index in [0.29, 0.717) is 6.04 Å². The van der Waals surface area contributed by atoms with Gasteiger partial charge in [-0.3, -0.25) is 4.90 Å². The lowest BCUT2D eigenvalue weighted by atomic mass is 10.3. The van der Waals surface area contributed by atoms with Gasteiger partial charge < -0.3 is 5.73 Å². The molecule has 1 rings (SSSR count). The molecule has 0 aromatic carbocycles. The monoisotopic (exact) mass is 142 g/mol. The molecule has 0 radical (unpaired) electrons. The molecular weight excluding hydrogens is 124 g/mol. The number of nitrogens with zero attached hydrogens (tertiary/aromatic N) is 1. The second-order valence-corrected chi connectivity index (χ2v) is 3.30. The van der Waals surface area contributed by atoms with E-state index in [1.54, 1.807) is 0 Å². The van der Waals surface area contributed by atoms with Gasteiger partial charge in [0.25, 0.3) is 0 Å². The van der Waals surface area contributed by atoms with Crippen LogP contribution in [0.15, 0.2) is 0 Å². The van der Waals surface area contributed by atoms with Crippen LogP contribution >= 0.6 is 0 Å². The smallest absolute Gasteiger partial charge is 0.0139 e. The SMILES string of the molecule is CCN(C[C@@H](C)N)C1CC1. The van der Waals surface area contributed by atoms with Crippen molar-refractivity contribution in [2.24, 2.45) is 5.73 Å². The Hall–Kier alpha value is -0.0800. The Morgan fingerprint density at radius 1 is 1.60 bits per heavy atom. The third kappa shape index (κ3) is 2.27. The molecular formula is C8H18N2. The topological polar surface area (TPSA) is 29.3 Å². The van der Waals surface area contributed by atoms with E-state index in [0.717, 1.165) is 19.1 Å². The molecule has 0 spiro atoms. The summed E-state index contributed by atoms with van der Waals surface area (Å²) in [6.07, 6.45) is 2.78. The van der Waals surface area contributed by atoms with Crippen LogP contribution in [-0.4, -0.2) is 30.1 Å². The van der Waals surface area contributed by atoms with E-state index in [2.05, 4.69) is 18.7 Å². The first-order valence-corrected chi connectivity index (χ1v) is 4.23. The zero-order valence-electron chi connectivity index (χ0n) is 7.01. The maximum absolute atomic E-state index is 5.69. The quantitative estimate of drug-likeness (QED) is 0.629. The molecule has 1 saturated carbocycles. The summed E-state index contributed by atoms with van der Waals surface area (Å²) in [5.74, 6) is 0. The Morgan fingerprint density at radius 3 is 2.50 bits per heavy atom. The fourth-order valence-corrected chi connectivity index (χ4v) is 1.35. The molecule has 2 heteroatoms. The van der Waals surface area contributed by atoms with Crippen molar-refractivity contribution in [3.8, 4) is 0 Å². The Labute approximate surface area is 63.4 Å². The summed E-state index contributed by atoms with van der Waals surface area (Å²) >= 11 is 0. The van der Waals surface area contributed by atoms with Crippen molar-refractivity contribution in [2.45, 2.75) is 38.8 Å². The lowest BCUT2D eigenvalue weighted by Crippen LogP contribution is -2.36. The average Bonchev–Trinajstić information content (AvgIpc) is 2.63. The molecule has 0 aromatic heterocycles. The molecule has 0 unspecified atom stereocenters. The highest BCUT2D eigenvalue weighted by Gasteiger charge is 2.27. The molecule has 2 nitrogen and oxygen atoms in total. The maximum Gasteiger partial charge on any atom is 0.0139 e. The van der Waals surface area contributed by atoms with Gasteiger partial charge in [-0.15, -0.1) is 0 Å². The third-order valence-electron chi connectivity index (χ3n) is 1.99. The lowest BCUT2D eigenvalue weighted by molar-refractivity contribution is 0.264. The van der Waals surface area contributed by atoms with E-state index in [1.807, 2.05) is 0 Å². The van der Waals surface area contributed by atoms with Gasteiger partial charge in [-0.05, 0) is 26.3 Å². The second-order valence-electron chi connectivity index (χ2n) is 3.30. The van der Waals surface area contributed by atoms with E-state index < -0.39 is 0 Å².